The highest BCUT2D eigenvalue weighted by Crippen LogP contribution is 2.14. The lowest BCUT2D eigenvalue weighted by Gasteiger charge is -2.25. The fourth-order valence-electron chi connectivity index (χ4n) is 2.61. The van der Waals surface area contributed by atoms with Gasteiger partial charge in [-0.3, -0.25) is 4.79 Å². The molecule has 0 radical (unpaired) electrons. The van der Waals surface area contributed by atoms with Gasteiger partial charge in [0.15, 0.2) is 0 Å². The third kappa shape index (κ3) is 6.87. The summed E-state index contributed by atoms with van der Waals surface area (Å²) in [6.45, 7) is 4.67. The van der Waals surface area contributed by atoms with Gasteiger partial charge in [-0.15, -0.1) is 12.4 Å². The first kappa shape index (κ1) is 19.9. The highest BCUT2D eigenvalue weighted by atomic mass is 35.5. The Labute approximate surface area is 144 Å². The number of nitrogens with zero attached hydrogens (tertiary/aromatic N) is 1. The molecule has 1 atom stereocenters. The molecule has 0 bridgehead atoms. The van der Waals surface area contributed by atoms with E-state index in [0.29, 0.717) is 32.9 Å². The summed E-state index contributed by atoms with van der Waals surface area (Å²) < 4.78 is 10.5. The molecular formula is C17H27ClN2O3. The summed E-state index contributed by atoms with van der Waals surface area (Å²) in [6.07, 6.45) is 0.925. The molecule has 1 aromatic rings. The second kappa shape index (κ2) is 11.4. The van der Waals surface area contributed by atoms with Gasteiger partial charge in [-0.1, -0.05) is 30.3 Å². The molecule has 2 rings (SSSR count). The maximum absolute atomic E-state index is 12.7. The molecule has 1 aliphatic heterocycles. The molecule has 1 saturated heterocycles. The number of nitrogens with one attached hydrogen (secondary N) is 1. The van der Waals surface area contributed by atoms with Gasteiger partial charge in [0.1, 0.15) is 0 Å². The highest BCUT2D eigenvalue weighted by molar-refractivity contribution is 5.85. The Balaban J connectivity index is 0.00000264. The van der Waals surface area contributed by atoms with Crippen LogP contribution < -0.4 is 5.32 Å². The number of ether oxygens (including phenoxy) is 2. The van der Waals surface area contributed by atoms with Gasteiger partial charge in [0.2, 0.25) is 5.91 Å². The molecule has 1 N–H and O–H groups in total. The van der Waals surface area contributed by atoms with Crippen LogP contribution in [0.25, 0.3) is 0 Å². The molecule has 0 saturated carbocycles. The molecule has 1 amide bonds. The van der Waals surface area contributed by atoms with Gasteiger partial charge in [-0.25, -0.2) is 0 Å². The van der Waals surface area contributed by atoms with E-state index in [0.717, 1.165) is 25.1 Å². The fraction of sp³-hybridized carbons (Fsp3) is 0.588. The minimum atomic E-state index is 0. The van der Waals surface area contributed by atoms with E-state index in [2.05, 4.69) is 17.4 Å². The van der Waals surface area contributed by atoms with Crippen molar-refractivity contribution in [3.05, 3.63) is 35.9 Å². The van der Waals surface area contributed by atoms with Crippen LogP contribution in [0.1, 0.15) is 12.0 Å². The Morgan fingerprint density at radius 2 is 2.04 bits per heavy atom. The highest BCUT2D eigenvalue weighted by Gasteiger charge is 2.27. The van der Waals surface area contributed by atoms with Crippen molar-refractivity contribution < 1.29 is 14.3 Å². The summed E-state index contributed by atoms with van der Waals surface area (Å²) in [5, 5.41) is 3.26. The van der Waals surface area contributed by atoms with Crippen molar-refractivity contribution in [3.63, 3.8) is 0 Å². The van der Waals surface area contributed by atoms with Crippen LogP contribution in [0.4, 0.5) is 0 Å². The monoisotopic (exact) mass is 342 g/mol. The zero-order valence-electron chi connectivity index (χ0n) is 13.7. The zero-order chi connectivity index (χ0) is 15.6. The second-order valence-corrected chi connectivity index (χ2v) is 5.54. The number of hydrogen-bond acceptors (Lipinski definition) is 4. The van der Waals surface area contributed by atoms with E-state index in [1.54, 1.807) is 7.11 Å². The molecule has 1 aliphatic rings. The molecular weight excluding hydrogens is 316 g/mol. The van der Waals surface area contributed by atoms with Crippen LogP contribution in [0.3, 0.4) is 0 Å². The summed E-state index contributed by atoms with van der Waals surface area (Å²) in [5.74, 6) is 0.326. The lowest BCUT2D eigenvalue weighted by molar-refractivity contribution is -0.136. The maximum Gasteiger partial charge on any atom is 0.227 e. The number of benzene rings is 1. The van der Waals surface area contributed by atoms with Crippen molar-refractivity contribution in [2.24, 2.45) is 5.92 Å². The normalized spacial score (nSPS) is 16.8. The van der Waals surface area contributed by atoms with Gasteiger partial charge in [0, 0.05) is 26.7 Å². The van der Waals surface area contributed by atoms with Crippen LogP contribution in [0, 0.1) is 5.92 Å². The summed E-state index contributed by atoms with van der Waals surface area (Å²) >= 11 is 0. The smallest absolute Gasteiger partial charge is 0.227 e. The van der Waals surface area contributed by atoms with Gasteiger partial charge < -0.3 is 19.7 Å². The molecule has 0 aliphatic carbocycles. The summed E-state index contributed by atoms with van der Waals surface area (Å²) in [6, 6.07) is 10.1. The van der Waals surface area contributed by atoms with Crippen molar-refractivity contribution >= 4 is 18.3 Å². The molecule has 130 valence electrons. The third-order valence-corrected chi connectivity index (χ3v) is 3.87. The molecule has 0 spiro atoms. The van der Waals surface area contributed by atoms with E-state index >= 15 is 0 Å². The predicted octanol–water partition coefficient (Wildman–Crippen LogP) is 1.71. The Bertz CT molecular complexity index is 439. The van der Waals surface area contributed by atoms with E-state index in [1.807, 2.05) is 23.1 Å². The van der Waals surface area contributed by atoms with Gasteiger partial charge in [0.05, 0.1) is 25.7 Å². The van der Waals surface area contributed by atoms with Gasteiger partial charge in [0.25, 0.3) is 0 Å². The number of hydrogen-bond donors (Lipinski definition) is 1. The number of halogens is 1. The van der Waals surface area contributed by atoms with Crippen LogP contribution in [0.15, 0.2) is 30.3 Å². The lowest BCUT2D eigenvalue weighted by Crippen LogP contribution is -2.38. The van der Waals surface area contributed by atoms with Crippen molar-refractivity contribution in [2.75, 3.05) is 46.6 Å². The summed E-state index contributed by atoms with van der Waals surface area (Å²) in [7, 11) is 1.65. The van der Waals surface area contributed by atoms with E-state index < -0.39 is 0 Å². The topological polar surface area (TPSA) is 50.8 Å². The van der Waals surface area contributed by atoms with Crippen LogP contribution in [0.2, 0.25) is 0 Å². The van der Waals surface area contributed by atoms with Crippen LogP contribution in [-0.2, 0) is 20.8 Å². The zero-order valence-corrected chi connectivity index (χ0v) is 14.5. The molecule has 5 nitrogen and oxygen atoms in total. The second-order valence-electron chi connectivity index (χ2n) is 5.54. The Morgan fingerprint density at radius 1 is 1.26 bits per heavy atom. The van der Waals surface area contributed by atoms with E-state index in [4.69, 9.17) is 9.47 Å². The summed E-state index contributed by atoms with van der Waals surface area (Å²) in [5.41, 5.74) is 1.15. The standard InChI is InChI=1S/C17H26N2O3.ClH/c1-21-11-12-22-10-9-19(14-15-5-3-2-4-6-15)17(20)16-7-8-18-13-16;/h2-6,16,18H,7-14H2,1H3;1H. The number of methoxy groups -OCH3 is 1. The third-order valence-electron chi connectivity index (χ3n) is 3.87. The van der Waals surface area contributed by atoms with Crippen LogP contribution in [0.5, 0.6) is 0 Å². The molecule has 1 aromatic carbocycles. The van der Waals surface area contributed by atoms with Crippen molar-refractivity contribution in [2.45, 2.75) is 13.0 Å². The average molecular weight is 343 g/mol. The molecule has 1 fully saturated rings. The first-order chi connectivity index (χ1) is 10.8. The number of amides is 1. The minimum absolute atomic E-state index is 0. The number of carbonyl (C=O) groups excluding carboxylic acids is 1. The van der Waals surface area contributed by atoms with Gasteiger partial charge >= 0.3 is 0 Å². The largest absolute Gasteiger partial charge is 0.382 e. The predicted molar refractivity (Wildman–Crippen MR) is 92.8 cm³/mol. The summed E-state index contributed by atoms with van der Waals surface area (Å²) in [4.78, 5) is 14.6. The first-order valence-electron chi connectivity index (χ1n) is 7.91. The molecule has 1 unspecified atom stereocenters. The van der Waals surface area contributed by atoms with E-state index in [9.17, 15) is 4.79 Å². The SMILES string of the molecule is COCCOCCN(Cc1ccccc1)C(=O)C1CCNC1.Cl. The average Bonchev–Trinajstić information content (AvgIpc) is 3.08. The van der Waals surface area contributed by atoms with Crippen molar-refractivity contribution in [3.8, 4) is 0 Å². The maximum atomic E-state index is 12.7. The van der Waals surface area contributed by atoms with Gasteiger partial charge in [-0.2, -0.15) is 0 Å². The number of rotatable bonds is 9. The van der Waals surface area contributed by atoms with E-state index in [1.165, 1.54) is 0 Å². The Morgan fingerprint density at radius 3 is 2.70 bits per heavy atom. The first-order valence-corrected chi connectivity index (χ1v) is 7.91. The lowest BCUT2D eigenvalue weighted by atomic mass is 10.1. The minimum Gasteiger partial charge on any atom is -0.382 e. The van der Waals surface area contributed by atoms with Crippen molar-refractivity contribution in [1.29, 1.82) is 0 Å². The molecule has 0 aromatic heterocycles. The van der Waals surface area contributed by atoms with Crippen molar-refractivity contribution in [1.82, 2.24) is 10.2 Å². The Hall–Kier alpha value is -1.14. The van der Waals surface area contributed by atoms with Crippen LogP contribution in [-0.4, -0.2) is 57.4 Å². The van der Waals surface area contributed by atoms with Gasteiger partial charge in [-0.05, 0) is 18.5 Å². The fourth-order valence-corrected chi connectivity index (χ4v) is 2.61. The molecule has 1 heterocycles. The quantitative estimate of drug-likeness (QED) is 0.694. The van der Waals surface area contributed by atoms with E-state index in [-0.39, 0.29) is 24.2 Å². The van der Waals surface area contributed by atoms with Crippen LogP contribution >= 0.6 is 12.4 Å². The number of carbonyl (C=O) groups is 1. The molecule has 23 heavy (non-hydrogen) atoms. The molecule has 6 heteroatoms. The Kier molecular flexibility index (Phi) is 9.87.